The maximum absolute atomic E-state index is 5.80. The molecule has 0 aliphatic carbocycles. The molecule has 0 bridgehead atoms. The Bertz CT molecular complexity index is 319. The van der Waals surface area contributed by atoms with Crippen LogP contribution in [0.2, 0.25) is 30.7 Å². The van der Waals surface area contributed by atoms with Gasteiger partial charge < -0.3 is 9.47 Å². The van der Waals surface area contributed by atoms with Gasteiger partial charge in [-0.15, -0.1) is 0 Å². The minimum atomic E-state index is -0.983. The molecular weight excluding hydrogens is 252 g/mol. The molecule has 0 heterocycles. The van der Waals surface area contributed by atoms with E-state index < -0.39 is 8.07 Å². The molecule has 0 aliphatic rings. The zero-order valence-corrected chi connectivity index (χ0v) is 12.6. The summed E-state index contributed by atoms with van der Waals surface area (Å²) in [5.74, 6) is 0. The lowest BCUT2D eigenvalue weighted by molar-refractivity contribution is -0.0573. The van der Waals surface area contributed by atoms with E-state index in [2.05, 4.69) is 19.6 Å². The zero-order valence-electron chi connectivity index (χ0n) is 10.8. The molecular formula is C13H21ClO2Si. The first-order valence-corrected chi connectivity index (χ1v) is 9.96. The van der Waals surface area contributed by atoms with Crippen LogP contribution in [0, 0.1) is 0 Å². The van der Waals surface area contributed by atoms with Gasteiger partial charge in [0.1, 0.15) is 6.79 Å². The fourth-order valence-electron chi connectivity index (χ4n) is 1.24. The van der Waals surface area contributed by atoms with Gasteiger partial charge in [0, 0.05) is 19.7 Å². The molecule has 0 saturated carbocycles. The van der Waals surface area contributed by atoms with Gasteiger partial charge in [-0.05, 0) is 23.7 Å². The molecule has 0 atom stereocenters. The van der Waals surface area contributed by atoms with Crippen LogP contribution in [-0.2, 0) is 16.1 Å². The van der Waals surface area contributed by atoms with Crippen molar-refractivity contribution in [2.45, 2.75) is 32.3 Å². The molecule has 4 heteroatoms. The van der Waals surface area contributed by atoms with E-state index >= 15 is 0 Å². The fourth-order valence-corrected chi connectivity index (χ4v) is 2.12. The Morgan fingerprint density at radius 2 is 1.71 bits per heavy atom. The first-order chi connectivity index (χ1) is 7.97. The molecule has 0 spiro atoms. The van der Waals surface area contributed by atoms with E-state index in [1.807, 2.05) is 24.3 Å². The van der Waals surface area contributed by atoms with Crippen LogP contribution < -0.4 is 0 Å². The summed E-state index contributed by atoms with van der Waals surface area (Å²) in [6, 6.07) is 8.84. The molecule has 0 aromatic heterocycles. The topological polar surface area (TPSA) is 18.5 Å². The molecule has 2 nitrogen and oxygen atoms in total. The van der Waals surface area contributed by atoms with Gasteiger partial charge in [0.25, 0.3) is 0 Å². The Kier molecular flexibility index (Phi) is 6.20. The molecule has 1 rings (SSSR count). The maximum atomic E-state index is 5.80. The monoisotopic (exact) mass is 272 g/mol. The summed E-state index contributed by atoms with van der Waals surface area (Å²) in [5, 5.41) is 0.750. The SMILES string of the molecule is C[Si](C)(C)CCOCOCc1ccc(Cl)cc1. The first kappa shape index (κ1) is 14.7. The van der Waals surface area contributed by atoms with Gasteiger partial charge in [-0.1, -0.05) is 43.4 Å². The molecule has 0 aliphatic heterocycles. The highest BCUT2D eigenvalue weighted by Crippen LogP contribution is 2.10. The minimum Gasteiger partial charge on any atom is -0.356 e. The lowest BCUT2D eigenvalue weighted by Crippen LogP contribution is -2.21. The standard InChI is InChI=1S/C13H21ClO2Si/c1-17(2,3)9-8-15-11-16-10-12-4-6-13(14)7-5-12/h4-7H,8-11H2,1-3H3. The van der Waals surface area contributed by atoms with Crippen LogP contribution in [0.15, 0.2) is 24.3 Å². The van der Waals surface area contributed by atoms with Gasteiger partial charge in [-0.3, -0.25) is 0 Å². The minimum absolute atomic E-state index is 0.368. The molecule has 0 N–H and O–H groups in total. The van der Waals surface area contributed by atoms with Gasteiger partial charge in [-0.25, -0.2) is 0 Å². The molecule has 0 amide bonds. The van der Waals surface area contributed by atoms with E-state index in [1.165, 1.54) is 6.04 Å². The average molecular weight is 273 g/mol. The Balaban J connectivity index is 2.07. The maximum Gasteiger partial charge on any atom is 0.147 e. The normalized spacial score (nSPS) is 11.8. The van der Waals surface area contributed by atoms with Crippen LogP contribution >= 0.6 is 11.6 Å². The summed E-state index contributed by atoms with van der Waals surface area (Å²) in [4.78, 5) is 0. The lowest BCUT2D eigenvalue weighted by atomic mass is 10.2. The van der Waals surface area contributed by atoms with Gasteiger partial charge >= 0.3 is 0 Å². The molecule has 1 aromatic carbocycles. The summed E-state index contributed by atoms with van der Waals surface area (Å²) >= 11 is 5.80. The summed E-state index contributed by atoms with van der Waals surface area (Å²) < 4.78 is 10.9. The Hall–Kier alpha value is -0.353. The van der Waals surface area contributed by atoms with Crippen molar-refractivity contribution in [3.8, 4) is 0 Å². The van der Waals surface area contributed by atoms with Crippen molar-refractivity contribution in [3.05, 3.63) is 34.9 Å². The first-order valence-electron chi connectivity index (χ1n) is 5.87. The third-order valence-electron chi connectivity index (χ3n) is 2.35. The van der Waals surface area contributed by atoms with E-state index in [4.69, 9.17) is 21.1 Å². The predicted molar refractivity (Wildman–Crippen MR) is 75.2 cm³/mol. The van der Waals surface area contributed by atoms with E-state index in [0.717, 1.165) is 17.2 Å². The quantitative estimate of drug-likeness (QED) is 0.421. The third-order valence-corrected chi connectivity index (χ3v) is 4.30. The largest absolute Gasteiger partial charge is 0.356 e. The van der Waals surface area contributed by atoms with E-state index in [-0.39, 0.29) is 0 Å². The Morgan fingerprint density at radius 3 is 2.29 bits per heavy atom. The Labute approximate surface area is 110 Å². The fraction of sp³-hybridized carbons (Fsp3) is 0.538. The summed E-state index contributed by atoms with van der Waals surface area (Å²) in [5.41, 5.74) is 1.11. The van der Waals surface area contributed by atoms with E-state index in [0.29, 0.717) is 13.4 Å². The number of ether oxygens (including phenoxy) is 2. The molecule has 96 valence electrons. The van der Waals surface area contributed by atoms with Crippen LogP contribution in [0.25, 0.3) is 0 Å². The molecule has 0 fully saturated rings. The van der Waals surface area contributed by atoms with E-state index in [1.54, 1.807) is 0 Å². The molecule has 17 heavy (non-hydrogen) atoms. The molecule has 0 radical (unpaired) electrons. The van der Waals surface area contributed by atoms with Crippen LogP contribution in [-0.4, -0.2) is 21.5 Å². The highest BCUT2D eigenvalue weighted by Gasteiger charge is 2.11. The van der Waals surface area contributed by atoms with Gasteiger partial charge in [-0.2, -0.15) is 0 Å². The lowest BCUT2D eigenvalue weighted by Gasteiger charge is -2.15. The van der Waals surface area contributed by atoms with Crippen molar-refractivity contribution < 1.29 is 9.47 Å². The smallest absolute Gasteiger partial charge is 0.147 e. The van der Waals surface area contributed by atoms with Crippen molar-refractivity contribution in [2.24, 2.45) is 0 Å². The van der Waals surface area contributed by atoms with Crippen molar-refractivity contribution in [2.75, 3.05) is 13.4 Å². The van der Waals surface area contributed by atoms with Crippen LogP contribution in [0.3, 0.4) is 0 Å². The Morgan fingerprint density at radius 1 is 1.06 bits per heavy atom. The average Bonchev–Trinajstić information content (AvgIpc) is 2.24. The molecule has 0 unspecified atom stereocenters. The zero-order chi connectivity index (χ0) is 12.7. The second-order valence-electron chi connectivity index (χ2n) is 5.31. The van der Waals surface area contributed by atoms with Gasteiger partial charge in [0.15, 0.2) is 0 Å². The summed E-state index contributed by atoms with van der Waals surface area (Å²) in [6.45, 7) is 8.76. The van der Waals surface area contributed by atoms with Crippen molar-refractivity contribution in [1.82, 2.24) is 0 Å². The second-order valence-corrected chi connectivity index (χ2v) is 11.4. The molecule has 1 aromatic rings. The number of hydrogen-bond donors (Lipinski definition) is 0. The van der Waals surface area contributed by atoms with Crippen LogP contribution in [0.1, 0.15) is 5.56 Å². The second kappa shape index (κ2) is 7.16. The van der Waals surface area contributed by atoms with Gasteiger partial charge in [0.2, 0.25) is 0 Å². The number of benzene rings is 1. The van der Waals surface area contributed by atoms with Crippen molar-refractivity contribution >= 4 is 19.7 Å². The number of hydrogen-bond acceptors (Lipinski definition) is 2. The summed E-state index contributed by atoms with van der Waals surface area (Å²) in [7, 11) is -0.983. The van der Waals surface area contributed by atoms with E-state index in [9.17, 15) is 0 Å². The van der Waals surface area contributed by atoms with Crippen molar-refractivity contribution in [3.63, 3.8) is 0 Å². The highest BCUT2D eigenvalue weighted by molar-refractivity contribution is 6.76. The summed E-state index contributed by atoms with van der Waals surface area (Å²) in [6.07, 6.45) is 0. The van der Waals surface area contributed by atoms with Crippen molar-refractivity contribution in [1.29, 1.82) is 0 Å². The predicted octanol–water partition coefficient (Wildman–Crippen LogP) is 4.17. The van der Waals surface area contributed by atoms with Gasteiger partial charge in [0.05, 0.1) is 6.61 Å². The third kappa shape index (κ3) is 7.55. The van der Waals surface area contributed by atoms with Crippen LogP contribution in [0.5, 0.6) is 0 Å². The van der Waals surface area contributed by atoms with Crippen LogP contribution in [0.4, 0.5) is 0 Å². The number of halogens is 1. The highest BCUT2D eigenvalue weighted by atomic mass is 35.5. The molecule has 0 saturated heterocycles. The number of rotatable bonds is 7.